The largest absolute Gasteiger partial charge is 0.456 e. The van der Waals surface area contributed by atoms with E-state index in [2.05, 4.69) is 215 Å². The van der Waals surface area contributed by atoms with Crippen LogP contribution in [0.3, 0.4) is 0 Å². The number of nitrogens with zero attached hydrogens (tertiary/aromatic N) is 5. The first-order valence-electron chi connectivity index (χ1n) is 24.2. The Hall–Kier alpha value is -9.85. The first-order valence-corrected chi connectivity index (χ1v) is 24.2. The predicted molar refractivity (Wildman–Crippen MR) is 294 cm³/mol. The summed E-state index contributed by atoms with van der Waals surface area (Å²) < 4.78 is 18.1. The van der Waals surface area contributed by atoms with Gasteiger partial charge in [0.1, 0.15) is 22.3 Å². The van der Waals surface area contributed by atoms with Crippen molar-refractivity contribution in [2.45, 2.75) is 0 Å². The molecule has 0 spiro atoms. The molecule has 16 rings (SSSR count). The van der Waals surface area contributed by atoms with E-state index in [1.54, 1.807) is 0 Å². The minimum Gasteiger partial charge on any atom is -0.456 e. The maximum absolute atomic E-state index is 6.99. The Morgan fingerprint density at radius 3 is 1.54 bits per heavy atom. The molecule has 0 radical (unpaired) electrons. The van der Waals surface area contributed by atoms with Gasteiger partial charge in [0.2, 0.25) is 0 Å². The summed E-state index contributed by atoms with van der Waals surface area (Å²) in [5, 5.41) is 13.2. The number of hydrogen-bond donors (Lipinski definition) is 0. The van der Waals surface area contributed by atoms with Gasteiger partial charge < -0.3 is 18.0 Å². The lowest BCUT2D eigenvalue weighted by Crippen LogP contribution is -2.02. The highest BCUT2D eigenvalue weighted by atomic mass is 16.3. The number of hydrogen-bond acceptors (Lipinski definition) is 5. The van der Waals surface area contributed by atoms with Crippen LogP contribution in [0.25, 0.3) is 155 Å². The third kappa shape index (κ3) is 5.76. The molecule has 11 aromatic carbocycles. The highest BCUT2D eigenvalue weighted by Crippen LogP contribution is 2.43. The zero-order chi connectivity index (χ0) is 47.0. The Labute approximate surface area is 410 Å². The molecule has 0 aliphatic heterocycles. The van der Waals surface area contributed by atoms with Gasteiger partial charge in [-0.05, 0) is 113 Å². The molecule has 72 heavy (non-hydrogen) atoms. The van der Waals surface area contributed by atoms with E-state index in [-0.39, 0.29) is 0 Å². The molecule has 16 aromatic rings. The molecule has 0 bridgehead atoms. The van der Waals surface area contributed by atoms with E-state index < -0.39 is 0 Å². The van der Waals surface area contributed by atoms with Gasteiger partial charge in [0.15, 0.2) is 17.5 Å². The summed E-state index contributed by atoms with van der Waals surface area (Å²) in [7, 11) is 0. The van der Waals surface area contributed by atoms with Crippen molar-refractivity contribution >= 4 is 109 Å². The van der Waals surface area contributed by atoms with Crippen LogP contribution >= 0.6 is 0 Å². The molecule has 7 nitrogen and oxygen atoms in total. The van der Waals surface area contributed by atoms with Crippen LogP contribution in [0.4, 0.5) is 0 Å². The first-order chi connectivity index (χ1) is 35.6. The summed E-state index contributed by atoms with van der Waals surface area (Å²) in [6.45, 7) is 0. The third-order valence-electron chi connectivity index (χ3n) is 14.7. The molecular formula is C65H37N5O2. The third-order valence-corrected chi connectivity index (χ3v) is 14.7. The maximum Gasteiger partial charge on any atom is 0.164 e. The Morgan fingerprint density at radius 1 is 0.278 bits per heavy atom. The quantitative estimate of drug-likeness (QED) is 0.172. The molecule has 5 heterocycles. The molecule has 0 aliphatic carbocycles. The summed E-state index contributed by atoms with van der Waals surface area (Å²) in [5.41, 5.74) is 12.1. The highest BCUT2D eigenvalue weighted by Gasteiger charge is 2.24. The zero-order valence-electron chi connectivity index (χ0n) is 38.4. The van der Waals surface area contributed by atoms with Crippen LogP contribution in [0.2, 0.25) is 0 Å². The summed E-state index contributed by atoms with van der Waals surface area (Å²) in [5.74, 6) is 1.61. The Bertz CT molecular complexity index is 4940. The van der Waals surface area contributed by atoms with Crippen molar-refractivity contribution in [2.75, 3.05) is 0 Å². The fourth-order valence-electron chi connectivity index (χ4n) is 11.4. The predicted octanol–water partition coefficient (Wildman–Crippen LogP) is 17.2. The monoisotopic (exact) mass is 919 g/mol. The average Bonchev–Trinajstić information content (AvgIpc) is 4.18. The fraction of sp³-hybridized carbons (Fsp3) is 0. The van der Waals surface area contributed by atoms with Gasteiger partial charge >= 0.3 is 0 Å². The van der Waals surface area contributed by atoms with Crippen molar-refractivity contribution in [2.24, 2.45) is 0 Å². The molecule has 0 unspecified atom stereocenters. The van der Waals surface area contributed by atoms with Crippen LogP contribution in [-0.4, -0.2) is 24.1 Å². The molecule has 0 atom stereocenters. The second kappa shape index (κ2) is 14.8. The lowest BCUT2D eigenvalue weighted by Gasteiger charge is -2.13. The normalized spacial score (nSPS) is 12.2. The van der Waals surface area contributed by atoms with Gasteiger partial charge in [-0.2, -0.15) is 0 Å². The Morgan fingerprint density at radius 2 is 0.792 bits per heavy atom. The zero-order valence-corrected chi connectivity index (χ0v) is 38.4. The van der Waals surface area contributed by atoms with E-state index in [1.807, 2.05) is 18.2 Å². The highest BCUT2D eigenvalue weighted by molar-refractivity contribution is 6.18. The van der Waals surface area contributed by atoms with Crippen LogP contribution in [0.1, 0.15) is 0 Å². The minimum absolute atomic E-state index is 0.528. The number of furan rings is 2. The molecule has 0 N–H and O–H groups in total. The van der Waals surface area contributed by atoms with Crippen LogP contribution in [0.15, 0.2) is 233 Å². The van der Waals surface area contributed by atoms with Crippen molar-refractivity contribution in [1.82, 2.24) is 24.1 Å². The van der Waals surface area contributed by atoms with Gasteiger partial charge in [0.05, 0.1) is 27.8 Å². The number of fused-ring (bicyclic) bond motifs is 14. The van der Waals surface area contributed by atoms with Crippen LogP contribution in [0.5, 0.6) is 0 Å². The molecule has 7 heteroatoms. The van der Waals surface area contributed by atoms with E-state index >= 15 is 0 Å². The van der Waals surface area contributed by atoms with Crippen LogP contribution in [0, 0.1) is 0 Å². The Balaban J connectivity index is 1.000. The smallest absolute Gasteiger partial charge is 0.164 e. The van der Waals surface area contributed by atoms with Crippen molar-refractivity contribution < 1.29 is 8.83 Å². The number of benzene rings is 11. The number of aromatic nitrogens is 5. The Kier molecular flexibility index (Phi) is 8.04. The second-order valence-electron chi connectivity index (χ2n) is 18.8. The van der Waals surface area contributed by atoms with Gasteiger partial charge in [-0.3, -0.25) is 0 Å². The van der Waals surface area contributed by atoms with Gasteiger partial charge in [-0.15, -0.1) is 0 Å². The molecular weight excluding hydrogens is 883 g/mol. The van der Waals surface area contributed by atoms with Crippen LogP contribution in [-0.2, 0) is 0 Å². The van der Waals surface area contributed by atoms with E-state index in [4.69, 9.17) is 23.8 Å². The van der Waals surface area contributed by atoms with Crippen molar-refractivity contribution in [1.29, 1.82) is 0 Å². The van der Waals surface area contributed by atoms with Crippen LogP contribution < -0.4 is 0 Å². The maximum atomic E-state index is 6.99. The molecule has 0 saturated carbocycles. The van der Waals surface area contributed by atoms with E-state index in [0.717, 1.165) is 116 Å². The van der Waals surface area contributed by atoms with Gasteiger partial charge in [0.25, 0.3) is 0 Å². The van der Waals surface area contributed by atoms with Gasteiger partial charge in [-0.25, -0.2) is 15.0 Å². The average molecular weight is 920 g/mol. The minimum atomic E-state index is 0.528. The molecule has 334 valence electrons. The van der Waals surface area contributed by atoms with Gasteiger partial charge in [-0.1, -0.05) is 127 Å². The molecule has 0 fully saturated rings. The molecule has 0 aliphatic rings. The van der Waals surface area contributed by atoms with Crippen molar-refractivity contribution in [3.8, 4) is 45.5 Å². The SMILES string of the molecule is c1ccc(-n2c3ccccc3c3cc(-c4nc(-c5ccc6c(c5)oc5ccccc56)nc(-c5cc(-n6c7ccccc7c7cc8ccccc8cc76)cc6oc7cc8ccccc8cc7c56)n4)ccc32)cc1. The summed E-state index contributed by atoms with van der Waals surface area (Å²) in [6.07, 6.45) is 0. The van der Waals surface area contributed by atoms with Crippen molar-refractivity contribution in [3.05, 3.63) is 224 Å². The molecule has 0 amide bonds. The van der Waals surface area contributed by atoms with E-state index in [0.29, 0.717) is 17.5 Å². The molecule has 5 aromatic heterocycles. The topological polar surface area (TPSA) is 74.8 Å². The number of rotatable bonds is 5. The summed E-state index contributed by atoms with van der Waals surface area (Å²) >= 11 is 0. The summed E-state index contributed by atoms with van der Waals surface area (Å²) in [6, 6.07) is 79.2. The van der Waals surface area contributed by atoms with E-state index in [9.17, 15) is 0 Å². The van der Waals surface area contributed by atoms with E-state index in [1.165, 1.54) is 21.5 Å². The number of para-hydroxylation sites is 4. The standard InChI is InChI=1S/C65H37N5O2/c1-2-18-44(19-3-1)69-54-23-11-8-20-46(54)50-32-42(27-29-56(50)69)63-66-64(43-26-28-49-48-22-10-13-25-58(48)71-59(49)35-43)68-65(67-63)53-36-45(37-61-62(53)52-31-39-15-5-7-17-41(39)34-60(52)72-61)70-55-24-12-9-21-47(55)51-30-38-14-4-6-16-40(38)33-57(51)70/h1-37H. The van der Waals surface area contributed by atoms with Gasteiger partial charge in [0, 0.05) is 71.5 Å². The lowest BCUT2D eigenvalue weighted by atomic mass is 10.0. The summed E-state index contributed by atoms with van der Waals surface area (Å²) in [4.78, 5) is 16.4. The lowest BCUT2D eigenvalue weighted by molar-refractivity contribution is 0.668. The van der Waals surface area contributed by atoms with Crippen molar-refractivity contribution in [3.63, 3.8) is 0 Å². The first kappa shape index (κ1) is 39.0. The molecule has 0 saturated heterocycles. The second-order valence-corrected chi connectivity index (χ2v) is 18.8. The fourth-order valence-corrected chi connectivity index (χ4v) is 11.4.